The molecule has 15 heavy (non-hydrogen) atoms. The van der Waals surface area contributed by atoms with Crippen LogP contribution in [-0.2, 0) is 4.79 Å². The SMILES string of the molecule is O=C(O)[C](=Cc1ccccc1)[Ge]([Cl])([Cl])[Cl]. The van der Waals surface area contributed by atoms with E-state index in [1.165, 1.54) is 6.08 Å². The van der Waals surface area contributed by atoms with E-state index in [9.17, 15) is 4.79 Å². The molecule has 0 bridgehead atoms. The normalized spacial score (nSPS) is 12.6. The fourth-order valence-corrected chi connectivity index (χ4v) is 4.29. The zero-order chi connectivity index (χ0) is 11.5. The molecule has 80 valence electrons. The Labute approximate surface area is 102 Å². The summed E-state index contributed by atoms with van der Waals surface area (Å²) in [5.41, 5.74) is 0.715. The van der Waals surface area contributed by atoms with E-state index in [2.05, 4.69) is 0 Å². The van der Waals surface area contributed by atoms with Gasteiger partial charge in [0.2, 0.25) is 0 Å². The van der Waals surface area contributed by atoms with Gasteiger partial charge in [0.1, 0.15) is 0 Å². The van der Waals surface area contributed by atoms with E-state index in [-0.39, 0.29) is 4.41 Å². The maximum absolute atomic E-state index is 10.9. The van der Waals surface area contributed by atoms with Gasteiger partial charge in [-0.15, -0.1) is 0 Å². The molecule has 0 amide bonds. The predicted octanol–water partition coefficient (Wildman–Crippen LogP) is 3.35. The van der Waals surface area contributed by atoms with Crippen LogP contribution in [0.15, 0.2) is 34.7 Å². The quantitative estimate of drug-likeness (QED) is 0.683. The summed E-state index contributed by atoms with van der Waals surface area (Å²) in [7, 11) is 13.3. The van der Waals surface area contributed by atoms with Gasteiger partial charge in [-0.05, 0) is 0 Å². The second kappa shape index (κ2) is 5.26. The number of carboxylic acids is 1. The van der Waals surface area contributed by atoms with E-state index in [1.807, 2.05) is 6.07 Å². The summed E-state index contributed by atoms with van der Waals surface area (Å²) in [5.74, 6) is -1.17. The zero-order valence-corrected chi connectivity index (χ0v) is 11.8. The molecule has 0 aliphatic heterocycles. The average Bonchev–Trinajstić information content (AvgIpc) is 2.13. The summed E-state index contributed by atoms with van der Waals surface area (Å²) >= 11 is 0. The van der Waals surface area contributed by atoms with Crippen LogP contribution in [0.25, 0.3) is 6.08 Å². The number of carbonyl (C=O) groups is 1. The molecule has 0 saturated carbocycles. The summed E-state index contributed by atoms with van der Waals surface area (Å²) in [5, 5.41) is 8.90. The van der Waals surface area contributed by atoms with E-state index >= 15 is 0 Å². The number of hydrogen-bond acceptors (Lipinski definition) is 1. The first-order chi connectivity index (χ1) is 6.91. The molecule has 1 aromatic rings. The Kier molecular flexibility index (Phi) is 4.52. The molecule has 6 heteroatoms. The number of carboxylic acid groups (broad SMARTS) is 1. The van der Waals surface area contributed by atoms with Crippen LogP contribution in [0.3, 0.4) is 0 Å². The summed E-state index contributed by atoms with van der Waals surface area (Å²) in [6.45, 7) is 0. The third-order valence-electron chi connectivity index (χ3n) is 1.65. The molecule has 0 atom stereocenters. The Morgan fingerprint density at radius 2 is 1.73 bits per heavy atom. The number of rotatable bonds is 3. The fraction of sp³-hybridized carbons (Fsp3) is 0. The Morgan fingerprint density at radius 1 is 1.20 bits per heavy atom. The van der Waals surface area contributed by atoms with E-state index < -0.39 is 16.4 Å². The average molecular weight is 326 g/mol. The number of aliphatic carboxylic acids is 1. The van der Waals surface area contributed by atoms with Crippen LogP contribution in [-0.4, -0.2) is 21.6 Å². The Hall–Kier alpha value is -0.157. The van der Waals surface area contributed by atoms with E-state index in [4.69, 9.17) is 35.1 Å². The van der Waals surface area contributed by atoms with Crippen molar-refractivity contribution in [1.29, 1.82) is 0 Å². The summed E-state index contributed by atoms with van der Waals surface area (Å²) in [6.07, 6.45) is 1.41. The van der Waals surface area contributed by atoms with E-state index in [0.29, 0.717) is 5.56 Å². The molecule has 0 radical (unpaired) electrons. The molecular formula is C9H7Cl3GeO2. The summed E-state index contributed by atoms with van der Waals surface area (Å²) in [6, 6.07) is 8.91. The molecule has 0 unspecified atom stereocenters. The number of benzene rings is 1. The first-order valence-electron chi connectivity index (χ1n) is 3.98. The van der Waals surface area contributed by atoms with Crippen LogP contribution in [0.4, 0.5) is 0 Å². The van der Waals surface area contributed by atoms with Gasteiger partial charge in [-0.3, -0.25) is 0 Å². The van der Waals surface area contributed by atoms with Gasteiger partial charge >= 0.3 is 103 Å². The summed E-state index contributed by atoms with van der Waals surface area (Å²) < 4.78 is -0.0915. The number of halogens is 3. The standard InChI is InChI=1S/C9H7Cl3GeO2/c10-13(11,12)8(9(14)15)6-7-4-2-1-3-5-7/h1-6H,(H,14,15). The van der Waals surface area contributed by atoms with E-state index in [1.54, 1.807) is 24.3 Å². The van der Waals surface area contributed by atoms with Gasteiger partial charge in [-0.1, -0.05) is 0 Å². The van der Waals surface area contributed by atoms with Gasteiger partial charge in [0.05, 0.1) is 0 Å². The Balaban J connectivity index is 3.12. The third kappa shape index (κ3) is 4.07. The minimum atomic E-state index is -3.85. The molecule has 0 spiro atoms. The molecule has 0 aliphatic carbocycles. The molecule has 0 aliphatic rings. The number of hydrogen-bond donors (Lipinski definition) is 1. The minimum absolute atomic E-state index is 0.0915. The molecule has 0 saturated heterocycles. The van der Waals surface area contributed by atoms with Gasteiger partial charge in [-0.2, -0.15) is 0 Å². The van der Waals surface area contributed by atoms with Crippen molar-refractivity contribution in [3.05, 3.63) is 40.3 Å². The van der Waals surface area contributed by atoms with Crippen LogP contribution in [0.2, 0.25) is 0 Å². The van der Waals surface area contributed by atoms with Crippen molar-refractivity contribution in [3.8, 4) is 0 Å². The second-order valence-electron chi connectivity index (χ2n) is 2.77. The van der Waals surface area contributed by atoms with Gasteiger partial charge in [-0.25, -0.2) is 0 Å². The third-order valence-corrected chi connectivity index (χ3v) is 6.85. The zero-order valence-electron chi connectivity index (χ0n) is 7.45. The monoisotopic (exact) mass is 326 g/mol. The molecule has 0 heterocycles. The molecular weight excluding hydrogens is 319 g/mol. The molecule has 2 nitrogen and oxygen atoms in total. The van der Waals surface area contributed by atoms with Crippen molar-refractivity contribution in [2.75, 3.05) is 0 Å². The van der Waals surface area contributed by atoms with E-state index in [0.717, 1.165) is 0 Å². The van der Waals surface area contributed by atoms with Crippen molar-refractivity contribution in [2.24, 2.45) is 0 Å². The van der Waals surface area contributed by atoms with Crippen molar-refractivity contribution >= 4 is 52.6 Å². The van der Waals surface area contributed by atoms with Crippen LogP contribution in [0.1, 0.15) is 5.56 Å². The van der Waals surface area contributed by atoms with Gasteiger partial charge in [0, 0.05) is 0 Å². The first-order valence-corrected chi connectivity index (χ1v) is 13.3. The Bertz CT molecular complexity index is 384. The molecule has 1 N–H and O–H groups in total. The van der Waals surface area contributed by atoms with Gasteiger partial charge < -0.3 is 0 Å². The van der Waals surface area contributed by atoms with Gasteiger partial charge in [0.25, 0.3) is 0 Å². The molecule has 1 rings (SSSR count). The van der Waals surface area contributed by atoms with Gasteiger partial charge in [0.15, 0.2) is 0 Å². The Morgan fingerprint density at radius 3 is 2.13 bits per heavy atom. The van der Waals surface area contributed by atoms with Crippen LogP contribution in [0.5, 0.6) is 0 Å². The predicted molar refractivity (Wildman–Crippen MR) is 65.4 cm³/mol. The molecule has 0 aromatic heterocycles. The van der Waals surface area contributed by atoms with Crippen molar-refractivity contribution in [1.82, 2.24) is 0 Å². The van der Waals surface area contributed by atoms with Crippen LogP contribution >= 0.6 is 30.0 Å². The first kappa shape index (κ1) is 12.9. The molecule has 1 aromatic carbocycles. The van der Waals surface area contributed by atoms with Crippen molar-refractivity contribution in [2.45, 2.75) is 0 Å². The summed E-state index contributed by atoms with van der Waals surface area (Å²) in [4.78, 5) is 10.9. The van der Waals surface area contributed by atoms with Crippen molar-refractivity contribution < 1.29 is 9.90 Å². The van der Waals surface area contributed by atoms with Crippen molar-refractivity contribution in [3.63, 3.8) is 0 Å². The van der Waals surface area contributed by atoms with Crippen LogP contribution < -0.4 is 0 Å². The topological polar surface area (TPSA) is 37.3 Å². The fourth-order valence-electron chi connectivity index (χ4n) is 0.981. The molecule has 0 fully saturated rings. The van der Waals surface area contributed by atoms with Crippen LogP contribution in [0, 0.1) is 0 Å². The maximum atomic E-state index is 10.9. The second-order valence-corrected chi connectivity index (χ2v) is 17.8.